The van der Waals surface area contributed by atoms with Gasteiger partial charge in [-0.3, -0.25) is 0 Å². The number of aromatic hydroxyl groups is 3. The van der Waals surface area contributed by atoms with Gasteiger partial charge in [-0.1, -0.05) is 51.2 Å². The number of nitrogens with zero attached hydrogens (tertiary/aromatic N) is 3. The molecule has 210 valence electrons. The van der Waals surface area contributed by atoms with Gasteiger partial charge in [0.15, 0.2) is 17.5 Å². The maximum Gasteiger partial charge on any atom is 0.167 e. The highest BCUT2D eigenvalue weighted by Gasteiger charge is 2.20. The molecule has 0 radical (unpaired) electrons. The number of hydrogen-bond acceptors (Lipinski definition) is 7. The summed E-state index contributed by atoms with van der Waals surface area (Å²) in [7, 11) is 0. The van der Waals surface area contributed by atoms with Crippen LogP contribution in [0, 0.1) is 27.7 Å². The van der Waals surface area contributed by atoms with Gasteiger partial charge < -0.3 is 20.1 Å². The summed E-state index contributed by atoms with van der Waals surface area (Å²) in [5.74, 6) is 1.39. The highest BCUT2D eigenvalue weighted by atomic mass is 16.5. The van der Waals surface area contributed by atoms with E-state index in [-0.39, 0.29) is 34.7 Å². The average molecular weight is 542 g/mol. The van der Waals surface area contributed by atoms with Crippen LogP contribution in [0.3, 0.4) is 0 Å². The van der Waals surface area contributed by atoms with Crippen molar-refractivity contribution in [2.45, 2.75) is 73.1 Å². The molecule has 0 atom stereocenters. The lowest BCUT2D eigenvalue weighted by Gasteiger charge is -2.14. The molecule has 1 heterocycles. The second-order valence-corrected chi connectivity index (χ2v) is 10.6. The monoisotopic (exact) mass is 541 g/mol. The number of phenols is 3. The van der Waals surface area contributed by atoms with Crippen molar-refractivity contribution in [3.63, 3.8) is 0 Å². The topological polar surface area (TPSA) is 109 Å². The summed E-state index contributed by atoms with van der Waals surface area (Å²) in [6.45, 7) is 10.3. The normalized spacial score (nSPS) is 11.1. The number of aryl methyl sites for hydroxylation is 4. The molecule has 7 heteroatoms. The summed E-state index contributed by atoms with van der Waals surface area (Å²) in [4.78, 5) is 14.0. The first-order valence-electron chi connectivity index (χ1n) is 14.0. The molecule has 1 aromatic heterocycles. The molecule has 0 spiro atoms. The Hall–Kier alpha value is -4.13. The van der Waals surface area contributed by atoms with Gasteiger partial charge in [0.2, 0.25) is 0 Å². The van der Waals surface area contributed by atoms with E-state index in [2.05, 4.69) is 21.9 Å². The molecule has 4 aromatic rings. The van der Waals surface area contributed by atoms with Gasteiger partial charge in [-0.2, -0.15) is 0 Å². The largest absolute Gasteiger partial charge is 0.507 e. The molecule has 0 aliphatic carbocycles. The molecule has 0 unspecified atom stereocenters. The van der Waals surface area contributed by atoms with Crippen molar-refractivity contribution in [2.75, 3.05) is 6.61 Å². The first kappa shape index (κ1) is 28.9. The van der Waals surface area contributed by atoms with Crippen LogP contribution in [0.2, 0.25) is 0 Å². The van der Waals surface area contributed by atoms with E-state index in [9.17, 15) is 15.3 Å². The highest BCUT2D eigenvalue weighted by Crippen LogP contribution is 2.38. The zero-order valence-corrected chi connectivity index (χ0v) is 24.1. The fraction of sp³-hybridized carbons (Fsp3) is 0.364. The zero-order valence-electron chi connectivity index (χ0n) is 24.1. The Labute approximate surface area is 236 Å². The second-order valence-electron chi connectivity index (χ2n) is 10.6. The molecule has 0 saturated heterocycles. The summed E-state index contributed by atoms with van der Waals surface area (Å²) in [5.41, 5.74) is 4.57. The zero-order chi connectivity index (χ0) is 28.8. The van der Waals surface area contributed by atoms with Crippen molar-refractivity contribution in [1.29, 1.82) is 0 Å². The van der Waals surface area contributed by atoms with E-state index in [0.717, 1.165) is 24.0 Å². The molecule has 40 heavy (non-hydrogen) atoms. The molecule has 3 N–H and O–H groups in total. The quantitative estimate of drug-likeness (QED) is 0.165. The molecule has 0 aliphatic heterocycles. The van der Waals surface area contributed by atoms with E-state index >= 15 is 0 Å². The Bertz CT molecular complexity index is 1420. The van der Waals surface area contributed by atoms with Gasteiger partial charge in [-0.25, -0.2) is 15.0 Å². The fourth-order valence-corrected chi connectivity index (χ4v) is 4.86. The van der Waals surface area contributed by atoms with Crippen LogP contribution in [0.1, 0.15) is 67.7 Å². The highest BCUT2D eigenvalue weighted by molar-refractivity contribution is 5.75. The van der Waals surface area contributed by atoms with E-state index in [0.29, 0.717) is 40.2 Å². The standard InChI is InChI=1S/C33H39N3O4/c1-6-7-8-9-10-11-14-40-24-12-13-25(28(37)19-24)31-34-32(26-17-20(2)15-22(4)29(26)38)36-33(35-31)27-18-21(3)16-23(5)30(27)39/h12-13,15-19,37-39H,6-11,14H2,1-5H3. The van der Waals surface area contributed by atoms with Crippen molar-refractivity contribution in [1.82, 2.24) is 15.0 Å². The number of benzene rings is 3. The summed E-state index contributed by atoms with van der Waals surface area (Å²) in [6, 6.07) is 12.5. The molecule has 4 rings (SSSR count). The van der Waals surface area contributed by atoms with Gasteiger partial charge in [0.25, 0.3) is 0 Å². The number of ether oxygens (including phenoxy) is 1. The van der Waals surface area contributed by atoms with Crippen molar-refractivity contribution < 1.29 is 20.1 Å². The number of phenolic OH excluding ortho intramolecular Hbond substituents is 3. The Morgan fingerprint density at radius 3 is 1.62 bits per heavy atom. The van der Waals surface area contributed by atoms with Gasteiger partial charge in [-0.05, 0) is 80.6 Å². The van der Waals surface area contributed by atoms with Crippen LogP contribution in [-0.2, 0) is 0 Å². The van der Waals surface area contributed by atoms with Gasteiger partial charge in [0.1, 0.15) is 23.0 Å². The van der Waals surface area contributed by atoms with Crippen LogP contribution < -0.4 is 4.74 Å². The SMILES string of the molecule is CCCCCCCCOc1ccc(-c2nc(-c3cc(C)cc(C)c3O)nc(-c3cc(C)cc(C)c3O)n2)c(O)c1. The Morgan fingerprint density at radius 1 is 0.600 bits per heavy atom. The number of aromatic nitrogens is 3. The number of unbranched alkanes of at least 4 members (excludes halogenated alkanes) is 5. The van der Waals surface area contributed by atoms with Crippen LogP contribution in [-0.4, -0.2) is 36.9 Å². The van der Waals surface area contributed by atoms with Crippen LogP contribution in [0.4, 0.5) is 0 Å². The summed E-state index contributed by atoms with van der Waals surface area (Å²) >= 11 is 0. The molecule has 3 aromatic carbocycles. The van der Waals surface area contributed by atoms with E-state index in [1.807, 2.05) is 52.0 Å². The lowest BCUT2D eigenvalue weighted by atomic mass is 10.0. The first-order chi connectivity index (χ1) is 19.2. The maximum absolute atomic E-state index is 11.0. The number of hydrogen-bond donors (Lipinski definition) is 3. The minimum absolute atomic E-state index is 0.0298. The molecular formula is C33H39N3O4. The molecular weight excluding hydrogens is 502 g/mol. The third-order valence-corrected chi connectivity index (χ3v) is 6.98. The van der Waals surface area contributed by atoms with Crippen molar-refractivity contribution >= 4 is 0 Å². The van der Waals surface area contributed by atoms with Crippen LogP contribution in [0.5, 0.6) is 23.0 Å². The van der Waals surface area contributed by atoms with Crippen LogP contribution >= 0.6 is 0 Å². The van der Waals surface area contributed by atoms with E-state index in [1.165, 1.54) is 25.7 Å². The van der Waals surface area contributed by atoms with E-state index in [4.69, 9.17) is 4.74 Å². The summed E-state index contributed by atoms with van der Waals surface area (Å²) < 4.78 is 5.88. The third-order valence-electron chi connectivity index (χ3n) is 6.98. The minimum atomic E-state index is -0.0298. The molecule has 0 fully saturated rings. The van der Waals surface area contributed by atoms with Crippen molar-refractivity contribution in [2.24, 2.45) is 0 Å². The molecule has 0 amide bonds. The van der Waals surface area contributed by atoms with Gasteiger partial charge in [0, 0.05) is 6.07 Å². The Balaban J connectivity index is 1.72. The van der Waals surface area contributed by atoms with Gasteiger partial charge in [0.05, 0.1) is 23.3 Å². The van der Waals surface area contributed by atoms with Crippen LogP contribution in [0.25, 0.3) is 34.2 Å². The summed E-state index contributed by atoms with van der Waals surface area (Å²) in [5, 5.41) is 32.7. The first-order valence-corrected chi connectivity index (χ1v) is 14.0. The lowest BCUT2D eigenvalue weighted by Crippen LogP contribution is -2.02. The van der Waals surface area contributed by atoms with Gasteiger partial charge >= 0.3 is 0 Å². The second kappa shape index (κ2) is 12.8. The summed E-state index contributed by atoms with van der Waals surface area (Å²) in [6.07, 6.45) is 7.04. The van der Waals surface area contributed by atoms with Crippen molar-refractivity contribution in [3.8, 4) is 57.2 Å². The van der Waals surface area contributed by atoms with Gasteiger partial charge in [-0.15, -0.1) is 0 Å². The van der Waals surface area contributed by atoms with E-state index < -0.39 is 0 Å². The molecule has 0 saturated carbocycles. The Morgan fingerprint density at radius 2 is 1.10 bits per heavy atom. The third kappa shape index (κ3) is 6.71. The molecule has 0 bridgehead atoms. The molecule has 7 nitrogen and oxygen atoms in total. The Kier molecular flexibility index (Phi) is 9.25. The van der Waals surface area contributed by atoms with Crippen LogP contribution in [0.15, 0.2) is 42.5 Å². The predicted octanol–water partition coefficient (Wildman–Crippen LogP) is 7.96. The minimum Gasteiger partial charge on any atom is -0.507 e. The number of rotatable bonds is 11. The van der Waals surface area contributed by atoms with E-state index in [1.54, 1.807) is 18.2 Å². The lowest BCUT2D eigenvalue weighted by molar-refractivity contribution is 0.303. The van der Waals surface area contributed by atoms with Crippen molar-refractivity contribution in [3.05, 3.63) is 64.7 Å². The molecule has 0 aliphatic rings. The fourth-order valence-electron chi connectivity index (χ4n) is 4.86. The average Bonchev–Trinajstić information content (AvgIpc) is 2.92. The maximum atomic E-state index is 11.0. The smallest absolute Gasteiger partial charge is 0.167 e. The predicted molar refractivity (Wildman–Crippen MR) is 159 cm³/mol.